The van der Waals surface area contributed by atoms with Crippen LogP contribution >= 0.6 is 11.6 Å². The first-order valence-electron chi connectivity index (χ1n) is 5.41. The lowest BCUT2D eigenvalue weighted by molar-refractivity contribution is -0.274. The van der Waals surface area contributed by atoms with Gasteiger partial charge in [0, 0.05) is 6.54 Å². The lowest BCUT2D eigenvalue weighted by Gasteiger charge is -2.22. The van der Waals surface area contributed by atoms with E-state index in [1.165, 1.54) is 0 Å². The summed E-state index contributed by atoms with van der Waals surface area (Å²) in [4.78, 5) is 11.0. The van der Waals surface area contributed by atoms with Crippen molar-refractivity contribution < 1.29 is 31.1 Å². The Balaban J connectivity index is 4.61. The third-order valence-corrected chi connectivity index (χ3v) is 2.47. The van der Waals surface area contributed by atoms with Crippen LogP contribution in [0.15, 0.2) is 0 Å². The van der Waals surface area contributed by atoms with Crippen LogP contribution in [-0.2, 0) is 4.79 Å². The molecule has 0 saturated heterocycles. The minimum absolute atomic E-state index is 0.112. The second-order valence-electron chi connectivity index (χ2n) is 4.49. The lowest BCUT2D eigenvalue weighted by atomic mass is 10.1. The topological polar surface area (TPSA) is 29.1 Å². The maximum atomic E-state index is 12.2. The Labute approximate surface area is 111 Å². The Kier molecular flexibility index (Phi) is 6.44. The molecule has 1 atom stereocenters. The fourth-order valence-electron chi connectivity index (χ4n) is 1.39. The summed E-state index contributed by atoms with van der Waals surface area (Å²) in [6, 6.07) is 0. The standard InChI is InChI=1S/C10H14ClF6NO/c1-5(2)3-6(11)4-18-8(19)7(9(12,13)14)10(15,16)17/h5-7H,3-4H2,1-2H3,(H,18,19). The molecule has 0 aliphatic carbocycles. The second kappa shape index (κ2) is 6.67. The van der Waals surface area contributed by atoms with Gasteiger partial charge in [-0.15, -0.1) is 11.6 Å². The summed E-state index contributed by atoms with van der Waals surface area (Å²) in [6.07, 6.45) is -11.0. The molecular formula is C10H14ClF6NO. The fraction of sp³-hybridized carbons (Fsp3) is 0.900. The van der Waals surface area contributed by atoms with Crippen molar-refractivity contribution in [3.05, 3.63) is 0 Å². The van der Waals surface area contributed by atoms with Gasteiger partial charge in [0.2, 0.25) is 11.8 Å². The van der Waals surface area contributed by atoms with Gasteiger partial charge in [0.25, 0.3) is 0 Å². The molecule has 0 aliphatic rings. The number of rotatable bonds is 5. The molecular weight excluding hydrogens is 300 g/mol. The summed E-state index contributed by atoms with van der Waals surface area (Å²) >= 11 is 5.68. The smallest absolute Gasteiger partial charge is 0.354 e. The summed E-state index contributed by atoms with van der Waals surface area (Å²) in [6.45, 7) is 3.12. The molecule has 0 aromatic heterocycles. The molecule has 0 aliphatic heterocycles. The zero-order valence-electron chi connectivity index (χ0n) is 10.2. The van der Waals surface area contributed by atoms with Crippen molar-refractivity contribution in [3.63, 3.8) is 0 Å². The number of nitrogens with one attached hydrogen (secondary N) is 1. The number of carbonyl (C=O) groups excluding carboxylic acids is 1. The number of carbonyl (C=O) groups is 1. The van der Waals surface area contributed by atoms with E-state index in [9.17, 15) is 31.1 Å². The van der Waals surface area contributed by atoms with Gasteiger partial charge in [0.1, 0.15) is 0 Å². The fourth-order valence-corrected chi connectivity index (χ4v) is 1.82. The zero-order valence-corrected chi connectivity index (χ0v) is 11.0. The zero-order chi connectivity index (χ0) is 15.4. The molecule has 0 aromatic rings. The second-order valence-corrected chi connectivity index (χ2v) is 5.11. The van der Waals surface area contributed by atoms with E-state index in [1.807, 2.05) is 0 Å². The average Bonchev–Trinajstić information content (AvgIpc) is 2.08. The normalized spacial score (nSPS) is 14.9. The largest absolute Gasteiger partial charge is 0.409 e. The Morgan fingerprint density at radius 2 is 1.53 bits per heavy atom. The quantitative estimate of drug-likeness (QED) is 0.611. The maximum Gasteiger partial charge on any atom is 0.409 e. The van der Waals surface area contributed by atoms with Gasteiger partial charge < -0.3 is 5.32 Å². The molecule has 0 fully saturated rings. The number of halogens is 7. The first-order chi connectivity index (χ1) is 8.35. The first kappa shape index (κ1) is 18.3. The van der Waals surface area contributed by atoms with Crippen molar-refractivity contribution in [2.24, 2.45) is 11.8 Å². The van der Waals surface area contributed by atoms with Crippen LogP contribution in [0.2, 0.25) is 0 Å². The number of amides is 1. The highest BCUT2D eigenvalue weighted by atomic mass is 35.5. The van der Waals surface area contributed by atoms with E-state index in [4.69, 9.17) is 11.6 Å². The van der Waals surface area contributed by atoms with Crippen LogP contribution in [0.5, 0.6) is 0 Å². The Bertz CT molecular complexity index is 287. The van der Waals surface area contributed by atoms with Gasteiger partial charge in [0.05, 0.1) is 5.38 Å². The Morgan fingerprint density at radius 3 is 1.84 bits per heavy atom. The van der Waals surface area contributed by atoms with Crippen LogP contribution in [0.3, 0.4) is 0 Å². The van der Waals surface area contributed by atoms with Gasteiger partial charge >= 0.3 is 12.4 Å². The van der Waals surface area contributed by atoms with Gasteiger partial charge in [-0.1, -0.05) is 13.8 Å². The highest BCUT2D eigenvalue weighted by molar-refractivity contribution is 6.20. The molecule has 0 aromatic carbocycles. The van der Waals surface area contributed by atoms with E-state index in [-0.39, 0.29) is 5.92 Å². The summed E-state index contributed by atoms with van der Waals surface area (Å²) < 4.78 is 73.1. The monoisotopic (exact) mass is 313 g/mol. The van der Waals surface area contributed by atoms with Gasteiger partial charge in [-0.2, -0.15) is 26.3 Å². The van der Waals surface area contributed by atoms with Crippen molar-refractivity contribution in [3.8, 4) is 0 Å². The van der Waals surface area contributed by atoms with E-state index in [0.29, 0.717) is 6.42 Å². The van der Waals surface area contributed by atoms with E-state index in [2.05, 4.69) is 0 Å². The SMILES string of the molecule is CC(C)CC(Cl)CNC(=O)C(C(F)(F)F)C(F)(F)F. The van der Waals surface area contributed by atoms with Gasteiger partial charge in [-0.3, -0.25) is 4.79 Å². The molecule has 2 nitrogen and oxygen atoms in total. The van der Waals surface area contributed by atoms with Crippen LogP contribution in [0.1, 0.15) is 20.3 Å². The third-order valence-electron chi connectivity index (χ3n) is 2.14. The Morgan fingerprint density at radius 1 is 1.11 bits per heavy atom. The van der Waals surface area contributed by atoms with Crippen molar-refractivity contribution >= 4 is 17.5 Å². The third kappa shape index (κ3) is 6.89. The van der Waals surface area contributed by atoms with Crippen molar-refractivity contribution in [2.45, 2.75) is 38.0 Å². The molecule has 1 amide bonds. The van der Waals surface area contributed by atoms with Crippen LogP contribution < -0.4 is 5.32 Å². The van der Waals surface area contributed by atoms with E-state index in [1.54, 1.807) is 19.2 Å². The van der Waals surface area contributed by atoms with Gasteiger partial charge in [-0.05, 0) is 12.3 Å². The molecule has 19 heavy (non-hydrogen) atoms. The summed E-state index contributed by atoms with van der Waals surface area (Å²) in [5.74, 6) is -6.04. The molecule has 0 radical (unpaired) electrons. The Hall–Kier alpha value is -0.660. The molecule has 0 rings (SSSR count). The van der Waals surface area contributed by atoms with Crippen LogP contribution in [-0.4, -0.2) is 30.2 Å². The summed E-state index contributed by atoms with van der Waals surface area (Å²) in [7, 11) is 0. The van der Waals surface area contributed by atoms with Crippen molar-refractivity contribution in [1.82, 2.24) is 5.32 Å². The van der Waals surface area contributed by atoms with E-state index < -0.39 is 36.1 Å². The first-order valence-corrected chi connectivity index (χ1v) is 5.84. The van der Waals surface area contributed by atoms with Crippen LogP contribution in [0.4, 0.5) is 26.3 Å². The highest BCUT2D eigenvalue weighted by Crippen LogP contribution is 2.39. The molecule has 0 bridgehead atoms. The predicted molar refractivity (Wildman–Crippen MR) is 57.7 cm³/mol. The van der Waals surface area contributed by atoms with Gasteiger partial charge in [0.15, 0.2) is 0 Å². The minimum atomic E-state index is -5.68. The molecule has 0 saturated carbocycles. The van der Waals surface area contributed by atoms with E-state index in [0.717, 1.165) is 0 Å². The number of alkyl halides is 7. The predicted octanol–water partition coefficient (Wildman–Crippen LogP) is 3.50. The van der Waals surface area contributed by atoms with Crippen molar-refractivity contribution in [2.75, 3.05) is 6.54 Å². The molecule has 1 unspecified atom stereocenters. The number of hydrogen-bond donors (Lipinski definition) is 1. The molecule has 114 valence electrons. The maximum absolute atomic E-state index is 12.2. The molecule has 0 spiro atoms. The van der Waals surface area contributed by atoms with Crippen LogP contribution in [0.25, 0.3) is 0 Å². The molecule has 1 N–H and O–H groups in total. The molecule has 9 heteroatoms. The van der Waals surface area contributed by atoms with Gasteiger partial charge in [-0.25, -0.2) is 0 Å². The average molecular weight is 314 g/mol. The van der Waals surface area contributed by atoms with Crippen LogP contribution in [0, 0.1) is 11.8 Å². The van der Waals surface area contributed by atoms with Crippen molar-refractivity contribution in [1.29, 1.82) is 0 Å². The lowest BCUT2D eigenvalue weighted by Crippen LogP contribution is -2.49. The summed E-state index contributed by atoms with van der Waals surface area (Å²) in [5.41, 5.74) is 0. The molecule has 0 heterocycles. The highest BCUT2D eigenvalue weighted by Gasteiger charge is 2.61. The minimum Gasteiger partial charge on any atom is -0.354 e. The van der Waals surface area contributed by atoms with E-state index >= 15 is 0 Å². The number of hydrogen-bond acceptors (Lipinski definition) is 1. The summed E-state index contributed by atoms with van der Waals surface area (Å²) in [5, 5.41) is 0.873.